The summed E-state index contributed by atoms with van der Waals surface area (Å²) in [7, 11) is 0. The Morgan fingerprint density at radius 2 is 2.07 bits per heavy atom. The monoisotopic (exact) mass is 186 g/mol. The lowest BCUT2D eigenvalue weighted by atomic mass is 9.77. The van der Waals surface area contributed by atoms with Gasteiger partial charge in [-0.15, -0.1) is 0 Å². The van der Waals surface area contributed by atoms with Crippen LogP contribution < -0.4 is 0 Å². The van der Waals surface area contributed by atoms with Crippen molar-refractivity contribution in [2.24, 2.45) is 5.92 Å². The van der Waals surface area contributed by atoms with E-state index in [0.29, 0.717) is 0 Å². The first kappa shape index (κ1) is 8.52. The van der Waals surface area contributed by atoms with Gasteiger partial charge in [-0.1, -0.05) is 30.2 Å². The highest BCUT2D eigenvalue weighted by atomic mass is 14.4. The summed E-state index contributed by atoms with van der Waals surface area (Å²) >= 11 is 0. The van der Waals surface area contributed by atoms with Crippen LogP contribution >= 0.6 is 0 Å². The van der Waals surface area contributed by atoms with Crippen LogP contribution in [0.3, 0.4) is 0 Å². The van der Waals surface area contributed by atoms with Crippen molar-refractivity contribution in [3.63, 3.8) is 0 Å². The fraction of sp³-hybridized carbons (Fsp3) is 0.571. The molecule has 0 N–H and O–H groups in total. The second kappa shape index (κ2) is 3.12. The summed E-state index contributed by atoms with van der Waals surface area (Å²) in [6.45, 7) is 2.21. The molecule has 0 heterocycles. The Labute approximate surface area is 86.3 Å². The Hall–Kier alpha value is -0.780. The van der Waals surface area contributed by atoms with Crippen molar-refractivity contribution < 1.29 is 0 Å². The topological polar surface area (TPSA) is 0 Å². The van der Waals surface area contributed by atoms with Crippen LogP contribution in [0.1, 0.15) is 48.3 Å². The van der Waals surface area contributed by atoms with Gasteiger partial charge >= 0.3 is 0 Å². The lowest BCUT2D eigenvalue weighted by Gasteiger charge is -2.28. The maximum absolute atomic E-state index is 2.41. The first-order valence-electron chi connectivity index (χ1n) is 5.94. The normalized spacial score (nSPS) is 29.8. The Balaban J connectivity index is 2.05. The van der Waals surface area contributed by atoms with Gasteiger partial charge in [-0.05, 0) is 55.6 Å². The molecular weight excluding hydrogens is 168 g/mol. The number of rotatable bonds is 0. The van der Waals surface area contributed by atoms with Crippen molar-refractivity contribution in [1.82, 2.24) is 0 Å². The second-order valence-electron chi connectivity index (χ2n) is 5.04. The Morgan fingerprint density at radius 3 is 3.00 bits per heavy atom. The van der Waals surface area contributed by atoms with E-state index in [4.69, 9.17) is 0 Å². The first-order chi connectivity index (χ1) is 6.84. The van der Waals surface area contributed by atoms with E-state index in [1.165, 1.54) is 37.7 Å². The summed E-state index contributed by atoms with van der Waals surface area (Å²) in [5.74, 6) is 1.93. The summed E-state index contributed by atoms with van der Waals surface area (Å²) in [5, 5.41) is 0. The van der Waals surface area contributed by atoms with Gasteiger partial charge in [0.2, 0.25) is 0 Å². The predicted molar refractivity (Wildman–Crippen MR) is 59.6 cm³/mol. The zero-order valence-electron chi connectivity index (χ0n) is 8.92. The molecule has 0 bridgehead atoms. The SMILES string of the molecule is Cc1ccc2c(c1)CCC1CCCC21. The van der Waals surface area contributed by atoms with Crippen molar-refractivity contribution in [1.29, 1.82) is 0 Å². The van der Waals surface area contributed by atoms with E-state index in [0.717, 1.165) is 11.8 Å². The molecule has 0 spiro atoms. The summed E-state index contributed by atoms with van der Waals surface area (Å²) in [6.07, 6.45) is 7.17. The fourth-order valence-electron chi connectivity index (χ4n) is 3.45. The van der Waals surface area contributed by atoms with Crippen LogP contribution in [0.15, 0.2) is 18.2 Å². The molecule has 14 heavy (non-hydrogen) atoms. The maximum Gasteiger partial charge on any atom is -0.0131 e. The lowest BCUT2D eigenvalue weighted by Crippen LogP contribution is -2.15. The summed E-state index contributed by atoms with van der Waals surface area (Å²) in [6, 6.07) is 7.09. The van der Waals surface area contributed by atoms with Gasteiger partial charge < -0.3 is 0 Å². The molecule has 3 rings (SSSR count). The Morgan fingerprint density at radius 1 is 1.14 bits per heavy atom. The van der Waals surface area contributed by atoms with Crippen molar-refractivity contribution in [2.45, 2.75) is 44.9 Å². The van der Waals surface area contributed by atoms with E-state index in [-0.39, 0.29) is 0 Å². The third-order valence-corrected chi connectivity index (χ3v) is 4.14. The molecule has 0 aliphatic heterocycles. The first-order valence-corrected chi connectivity index (χ1v) is 5.94. The highest BCUT2D eigenvalue weighted by molar-refractivity contribution is 5.37. The number of fused-ring (bicyclic) bond motifs is 3. The summed E-state index contributed by atoms with van der Waals surface area (Å²) < 4.78 is 0. The molecule has 1 aromatic carbocycles. The largest absolute Gasteiger partial charge is 0.0590 e. The van der Waals surface area contributed by atoms with Crippen LogP contribution in [0.2, 0.25) is 0 Å². The number of hydrogen-bond acceptors (Lipinski definition) is 0. The van der Waals surface area contributed by atoms with Crippen LogP contribution in [0.5, 0.6) is 0 Å². The van der Waals surface area contributed by atoms with Crippen molar-refractivity contribution in [3.8, 4) is 0 Å². The molecule has 0 saturated heterocycles. The smallest absolute Gasteiger partial charge is 0.0131 e. The van der Waals surface area contributed by atoms with E-state index in [1.54, 1.807) is 11.1 Å². The lowest BCUT2D eigenvalue weighted by molar-refractivity contribution is 0.423. The van der Waals surface area contributed by atoms with E-state index in [2.05, 4.69) is 25.1 Å². The van der Waals surface area contributed by atoms with E-state index < -0.39 is 0 Å². The minimum atomic E-state index is 0.916. The van der Waals surface area contributed by atoms with Crippen LogP contribution in [-0.2, 0) is 6.42 Å². The van der Waals surface area contributed by atoms with Gasteiger partial charge in [0, 0.05) is 0 Å². The molecule has 0 nitrogen and oxygen atoms in total. The zero-order chi connectivity index (χ0) is 9.54. The highest BCUT2D eigenvalue weighted by Crippen LogP contribution is 2.46. The molecule has 74 valence electrons. The average molecular weight is 186 g/mol. The van der Waals surface area contributed by atoms with Gasteiger partial charge in [0.05, 0.1) is 0 Å². The molecule has 2 aliphatic carbocycles. The summed E-state index contributed by atoms with van der Waals surface area (Å²) in [5.41, 5.74) is 4.76. The molecule has 2 aliphatic rings. The fourth-order valence-corrected chi connectivity index (χ4v) is 3.45. The van der Waals surface area contributed by atoms with Crippen LogP contribution in [0.4, 0.5) is 0 Å². The van der Waals surface area contributed by atoms with Crippen molar-refractivity contribution >= 4 is 0 Å². The Bertz CT molecular complexity index is 351. The molecule has 0 heteroatoms. The standard InChI is InChI=1S/C14H18/c1-10-5-8-14-12(9-10)7-6-11-3-2-4-13(11)14/h5,8-9,11,13H,2-4,6-7H2,1H3. The summed E-state index contributed by atoms with van der Waals surface area (Å²) in [4.78, 5) is 0. The van der Waals surface area contributed by atoms with Gasteiger partial charge in [-0.25, -0.2) is 0 Å². The van der Waals surface area contributed by atoms with Gasteiger partial charge in [-0.2, -0.15) is 0 Å². The molecule has 0 amide bonds. The third-order valence-electron chi connectivity index (χ3n) is 4.14. The second-order valence-corrected chi connectivity index (χ2v) is 5.04. The van der Waals surface area contributed by atoms with Crippen molar-refractivity contribution in [2.75, 3.05) is 0 Å². The molecule has 0 aromatic heterocycles. The number of aryl methyl sites for hydroxylation is 2. The molecule has 1 aromatic rings. The van der Waals surface area contributed by atoms with E-state index >= 15 is 0 Å². The maximum atomic E-state index is 2.41. The quantitative estimate of drug-likeness (QED) is 0.577. The highest BCUT2D eigenvalue weighted by Gasteiger charge is 2.32. The molecule has 2 unspecified atom stereocenters. The third kappa shape index (κ3) is 1.20. The van der Waals surface area contributed by atoms with Crippen LogP contribution in [0.25, 0.3) is 0 Å². The minimum absolute atomic E-state index is 0.916. The number of hydrogen-bond donors (Lipinski definition) is 0. The van der Waals surface area contributed by atoms with Gasteiger partial charge in [-0.3, -0.25) is 0 Å². The minimum Gasteiger partial charge on any atom is -0.0590 e. The van der Waals surface area contributed by atoms with E-state index in [9.17, 15) is 0 Å². The van der Waals surface area contributed by atoms with Crippen LogP contribution in [0, 0.1) is 12.8 Å². The molecular formula is C14H18. The van der Waals surface area contributed by atoms with Gasteiger partial charge in [0.1, 0.15) is 0 Å². The van der Waals surface area contributed by atoms with Gasteiger partial charge in [0.25, 0.3) is 0 Å². The number of benzene rings is 1. The van der Waals surface area contributed by atoms with E-state index in [1.807, 2.05) is 0 Å². The molecule has 1 fully saturated rings. The predicted octanol–water partition coefficient (Wildman–Crippen LogP) is 3.82. The van der Waals surface area contributed by atoms with Gasteiger partial charge in [0.15, 0.2) is 0 Å². The zero-order valence-corrected chi connectivity index (χ0v) is 8.92. The molecule has 2 atom stereocenters. The molecule has 0 radical (unpaired) electrons. The van der Waals surface area contributed by atoms with Crippen molar-refractivity contribution in [3.05, 3.63) is 34.9 Å². The Kier molecular flexibility index (Phi) is 1.90. The average Bonchev–Trinajstić information content (AvgIpc) is 2.65. The molecule has 1 saturated carbocycles. The van der Waals surface area contributed by atoms with Crippen LogP contribution in [-0.4, -0.2) is 0 Å².